The van der Waals surface area contributed by atoms with Gasteiger partial charge < -0.3 is 10.6 Å². The molecule has 1 amide bonds. The molecule has 1 aliphatic rings. The Balaban J connectivity index is 1.55. The molecule has 1 fully saturated rings. The lowest BCUT2D eigenvalue weighted by molar-refractivity contribution is -0.120. The molecule has 1 aromatic heterocycles. The van der Waals surface area contributed by atoms with Crippen molar-refractivity contribution in [1.82, 2.24) is 20.8 Å². The maximum Gasteiger partial charge on any atom is 0.234 e. The quantitative estimate of drug-likeness (QED) is 0.617. The molecule has 0 bridgehead atoms. The number of rotatable bonds is 6. The first-order valence-electron chi connectivity index (χ1n) is 5.30. The lowest BCUT2D eigenvalue weighted by Crippen LogP contribution is -2.34. The third kappa shape index (κ3) is 3.71. The molecule has 1 saturated carbocycles. The van der Waals surface area contributed by atoms with E-state index in [1.165, 1.54) is 12.8 Å². The van der Waals surface area contributed by atoms with Gasteiger partial charge in [0.25, 0.3) is 0 Å². The number of aromatic amines is 1. The van der Waals surface area contributed by atoms with Gasteiger partial charge in [-0.25, -0.2) is 0 Å². The Morgan fingerprint density at radius 2 is 2.47 bits per heavy atom. The number of carbonyl (C=O) groups is 1. The zero-order valence-electron chi connectivity index (χ0n) is 8.62. The van der Waals surface area contributed by atoms with Crippen LogP contribution in [0.5, 0.6) is 0 Å². The predicted octanol–water partition coefficient (Wildman–Crippen LogP) is 0.0255. The van der Waals surface area contributed by atoms with Crippen LogP contribution in [0.25, 0.3) is 0 Å². The van der Waals surface area contributed by atoms with Crippen molar-refractivity contribution in [3.05, 3.63) is 18.0 Å². The van der Waals surface area contributed by atoms with Crippen molar-refractivity contribution in [2.45, 2.75) is 19.4 Å². The van der Waals surface area contributed by atoms with E-state index in [1.807, 2.05) is 6.07 Å². The summed E-state index contributed by atoms with van der Waals surface area (Å²) in [5, 5.41) is 12.5. The SMILES string of the molecule is O=C(CNCC1CC1)NCc1ccn[nH]1. The molecule has 1 aliphatic carbocycles. The summed E-state index contributed by atoms with van der Waals surface area (Å²) in [7, 11) is 0. The van der Waals surface area contributed by atoms with Crippen LogP contribution >= 0.6 is 0 Å². The van der Waals surface area contributed by atoms with Gasteiger partial charge in [0.2, 0.25) is 5.91 Å². The molecule has 0 atom stereocenters. The van der Waals surface area contributed by atoms with E-state index in [0.29, 0.717) is 13.1 Å². The van der Waals surface area contributed by atoms with E-state index in [0.717, 1.165) is 18.2 Å². The minimum atomic E-state index is 0.0326. The Morgan fingerprint density at radius 3 is 3.13 bits per heavy atom. The monoisotopic (exact) mass is 208 g/mol. The number of nitrogens with zero attached hydrogens (tertiary/aromatic N) is 1. The van der Waals surface area contributed by atoms with Crippen LogP contribution in [0.4, 0.5) is 0 Å². The molecular formula is C10H16N4O. The molecule has 1 heterocycles. The van der Waals surface area contributed by atoms with Gasteiger partial charge in [-0.2, -0.15) is 5.10 Å². The van der Waals surface area contributed by atoms with E-state index in [2.05, 4.69) is 20.8 Å². The van der Waals surface area contributed by atoms with Crippen LogP contribution < -0.4 is 10.6 Å². The minimum Gasteiger partial charge on any atom is -0.349 e. The number of hydrogen-bond acceptors (Lipinski definition) is 3. The van der Waals surface area contributed by atoms with Crippen LogP contribution in [-0.4, -0.2) is 29.2 Å². The summed E-state index contributed by atoms with van der Waals surface area (Å²) >= 11 is 0. The zero-order valence-corrected chi connectivity index (χ0v) is 8.62. The molecule has 82 valence electrons. The molecule has 0 spiro atoms. The van der Waals surface area contributed by atoms with Crippen LogP contribution in [0.2, 0.25) is 0 Å². The first-order chi connectivity index (χ1) is 7.34. The van der Waals surface area contributed by atoms with Crippen LogP contribution in [-0.2, 0) is 11.3 Å². The van der Waals surface area contributed by atoms with Gasteiger partial charge in [-0.15, -0.1) is 0 Å². The number of carbonyl (C=O) groups excluding carboxylic acids is 1. The highest BCUT2D eigenvalue weighted by Crippen LogP contribution is 2.27. The maximum atomic E-state index is 11.3. The number of hydrogen-bond donors (Lipinski definition) is 3. The molecular weight excluding hydrogens is 192 g/mol. The van der Waals surface area contributed by atoms with Gasteiger partial charge >= 0.3 is 0 Å². The van der Waals surface area contributed by atoms with Gasteiger partial charge in [0.1, 0.15) is 0 Å². The first kappa shape index (κ1) is 10.2. The van der Waals surface area contributed by atoms with Gasteiger partial charge in [0, 0.05) is 6.20 Å². The molecule has 0 radical (unpaired) electrons. The van der Waals surface area contributed by atoms with E-state index in [1.54, 1.807) is 6.20 Å². The van der Waals surface area contributed by atoms with Crippen LogP contribution in [0.1, 0.15) is 18.5 Å². The van der Waals surface area contributed by atoms with Crippen molar-refractivity contribution in [2.75, 3.05) is 13.1 Å². The molecule has 5 nitrogen and oxygen atoms in total. The van der Waals surface area contributed by atoms with E-state index in [-0.39, 0.29) is 5.91 Å². The van der Waals surface area contributed by atoms with E-state index in [4.69, 9.17) is 0 Å². The van der Waals surface area contributed by atoms with Crippen molar-refractivity contribution >= 4 is 5.91 Å². The van der Waals surface area contributed by atoms with Gasteiger partial charge in [-0.3, -0.25) is 9.89 Å². The van der Waals surface area contributed by atoms with Crippen LogP contribution in [0.15, 0.2) is 12.3 Å². The van der Waals surface area contributed by atoms with Crippen LogP contribution in [0, 0.1) is 5.92 Å². The predicted molar refractivity (Wildman–Crippen MR) is 56.0 cm³/mol. The molecule has 5 heteroatoms. The second kappa shape index (κ2) is 4.93. The highest BCUT2D eigenvalue weighted by Gasteiger charge is 2.20. The fourth-order valence-corrected chi connectivity index (χ4v) is 1.35. The summed E-state index contributed by atoms with van der Waals surface area (Å²) in [5.74, 6) is 0.843. The van der Waals surface area contributed by atoms with Crippen molar-refractivity contribution in [1.29, 1.82) is 0 Å². The van der Waals surface area contributed by atoms with Gasteiger partial charge in [0.15, 0.2) is 0 Å². The average Bonchev–Trinajstić information content (AvgIpc) is 2.91. The molecule has 15 heavy (non-hydrogen) atoms. The second-order valence-electron chi connectivity index (χ2n) is 3.93. The Labute approximate surface area is 88.6 Å². The number of aromatic nitrogens is 2. The highest BCUT2D eigenvalue weighted by atomic mass is 16.1. The topological polar surface area (TPSA) is 69.8 Å². The fraction of sp³-hybridized carbons (Fsp3) is 0.600. The highest BCUT2D eigenvalue weighted by molar-refractivity contribution is 5.77. The number of H-pyrrole nitrogens is 1. The summed E-state index contributed by atoms with van der Waals surface area (Å²) in [5.41, 5.74) is 0.922. The van der Waals surface area contributed by atoms with Crippen molar-refractivity contribution < 1.29 is 4.79 Å². The first-order valence-corrected chi connectivity index (χ1v) is 5.30. The summed E-state index contributed by atoms with van der Waals surface area (Å²) in [6.07, 6.45) is 4.29. The molecule has 0 saturated heterocycles. The molecule has 1 aromatic rings. The second-order valence-corrected chi connectivity index (χ2v) is 3.93. The Hall–Kier alpha value is -1.36. The number of nitrogens with one attached hydrogen (secondary N) is 3. The minimum absolute atomic E-state index is 0.0326. The summed E-state index contributed by atoms with van der Waals surface area (Å²) in [6.45, 7) is 1.89. The Kier molecular flexibility index (Phi) is 3.34. The maximum absolute atomic E-state index is 11.3. The normalized spacial score (nSPS) is 15.2. The van der Waals surface area contributed by atoms with Gasteiger partial charge in [0.05, 0.1) is 18.8 Å². The van der Waals surface area contributed by atoms with Crippen molar-refractivity contribution in [3.63, 3.8) is 0 Å². The number of amides is 1. The average molecular weight is 208 g/mol. The molecule has 0 aromatic carbocycles. The van der Waals surface area contributed by atoms with E-state index < -0.39 is 0 Å². The molecule has 0 unspecified atom stereocenters. The standard InChI is InChI=1S/C10H16N4O/c15-10(7-11-5-8-1-2-8)12-6-9-3-4-13-14-9/h3-4,8,11H,1-2,5-7H2,(H,12,15)(H,13,14). The van der Waals surface area contributed by atoms with Gasteiger partial charge in [-0.1, -0.05) is 0 Å². The summed E-state index contributed by atoms with van der Waals surface area (Å²) < 4.78 is 0. The zero-order chi connectivity index (χ0) is 10.5. The summed E-state index contributed by atoms with van der Waals surface area (Å²) in [4.78, 5) is 11.3. The molecule has 3 N–H and O–H groups in total. The smallest absolute Gasteiger partial charge is 0.234 e. The van der Waals surface area contributed by atoms with Crippen molar-refractivity contribution in [3.8, 4) is 0 Å². The van der Waals surface area contributed by atoms with Gasteiger partial charge in [-0.05, 0) is 31.4 Å². The fourth-order valence-electron chi connectivity index (χ4n) is 1.35. The Morgan fingerprint density at radius 1 is 1.60 bits per heavy atom. The van der Waals surface area contributed by atoms with Crippen LogP contribution in [0.3, 0.4) is 0 Å². The van der Waals surface area contributed by atoms with E-state index in [9.17, 15) is 4.79 Å². The third-order valence-electron chi connectivity index (χ3n) is 2.45. The Bertz CT molecular complexity index is 305. The lowest BCUT2D eigenvalue weighted by atomic mass is 10.4. The molecule has 0 aliphatic heterocycles. The largest absolute Gasteiger partial charge is 0.349 e. The van der Waals surface area contributed by atoms with Crippen molar-refractivity contribution in [2.24, 2.45) is 5.92 Å². The van der Waals surface area contributed by atoms with E-state index >= 15 is 0 Å². The summed E-state index contributed by atoms with van der Waals surface area (Å²) in [6, 6.07) is 1.85. The molecule has 2 rings (SSSR count). The lowest BCUT2D eigenvalue weighted by Gasteiger charge is -2.04. The third-order valence-corrected chi connectivity index (χ3v) is 2.45.